The standard InChI is InChI=1S/C17H10ClF7I2N2O/c18-11-3-1-2-9(4-11)8-30-14-12(26)5-10(6-13(14)27)7-28-29-17(24,25)15(19,20)16(21,22)23/h1-7,29H,8H2/b28-7-. The summed E-state index contributed by atoms with van der Waals surface area (Å²) in [6.07, 6.45) is -5.74. The zero-order chi connectivity index (χ0) is 22.7. The van der Waals surface area contributed by atoms with Gasteiger partial charge < -0.3 is 4.74 Å². The molecule has 2 aromatic carbocycles. The maximum absolute atomic E-state index is 13.2. The summed E-state index contributed by atoms with van der Waals surface area (Å²) in [5.41, 5.74) is 1.56. The fourth-order valence-electron chi connectivity index (χ4n) is 2.01. The molecule has 1 N–H and O–H groups in total. The lowest BCUT2D eigenvalue weighted by molar-refractivity contribution is -0.361. The predicted octanol–water partition coefficient (Wildman–Crippen LogP) is 6.84. The van der Waals surface area contributed by atoms with E-state index in [4.69, 9.17) is 16.3 Å². The van der Waals surface area contributed by atoms with E-state index in [1.54, 1.807) is 24.3 Å². The first-order valence-corrected chi connectivity index (χ1v) is 10.3. The zero-order valence-electron chi connectivity index (χ0n) is 14.4. The molecule has 0 aromatic heterocycles. The van der Waals surface area contributed by atoms with E-state index in [2.05, 4.69) is 5.10 Å². The van der Waals surface area contributed by atoms with E-state index >= 15 is 0 Å². The molecule has 0 spiro atoms. The van der Waals surface area contributed by atoms with Crippen LogP contribution in [0.3, 0.4) is 0 Å². The van der Waals surface area contributed by atoms with Gasteiger partial charge in [0.05, 0.1) is 13.4 Å². The molecule has 0 saturated carbocycles. The quantitative estimate of drug-likeness (QED) is 0.114. The maximum atomic E-state index is 13.2. The molecule has 0 aliphatic rings. The summed E-state index contributed by atoms with van der Waals surface area (Å²) in [6, 6.07) is 4.21. The van der Waals surface area contributed by atoms with E-state index in [0.29, 0.717) is 29.6 Å². The molecular weight excluding hydrogens is 670 g/mol. The van der Waals surface area contributed by atoms with E-state index in [-0.39, 0.29) is 12.2 Å². The van der Waals surface area contributed by atoms with Gasteiger partial charge in [-0.25, -0.2) is 5.43 Å². The Balaban J connectivity index is 2.11. The van der Waals surface area contributed by atoms with E-state index in [1.165, 1.54) is 12.1 Å². The van der Waals surface area contributed by atoms with Gasteiger partial charge in [-0.3, -0.25) is 0 Å². The topological polar surface area (TPSA) is 33.6 Å². The summed E-state index contributed by atoms with van der Waals surface area (Å²) in [7, 11) is 0. The summed E-state index contributed by atoms with van der Waals surface area (Å²) in [4.78, 5) is 0. The average Bonchev–Trinajstić information content (AvgIpc) is 2.60. The number of nitrogens with zero attached hydrogens (tertiary/aromatic N) is 1. The lowest BCUT2D eigenvalue weighted by atomic mass is 10.2. The SMILES string of the molecule is FC(F)(F)C(F)(F)C(F)(F)N/N=C\c1cc(I)c(OCc2cccc(Cl)c2)c(I)c1. The van der Waals surface area contributed by atoms with Crippen LogP contribution in [0.25, 0.3) is 0 Å². The van der Waals surface area contributed by atoms with Crippen LogP contribution in [0.5, 0.6) is 5.75 Å². The largest absolute Gasteiger partial charge is 0.487 e. The molecule has 30 heavy (non-hydrogen) atoms. The third-order valence-electron chi connectivity index (χ3n) is 3.46. The van der Waals surface area contributed by atoms with E-state index in [9.17, 15) is 30.7 Å². The third kappa shape index (κ3) is 6.02. The van der Waals surface area contributed by atoms with E-state index in [0.717, 1.165) is 5.56 Å². The number of benzene rings is 2. The van der Waals surface area contributed by atoms with Gasteiger partial charge in [-0.1, -0.05) is 23.7 Å². The number of rotatable bonds is 7. The van der Waals surface area contributed by atoms with Crippen LogP contribution < -0.4 is 10.2 Å². The number of halogens is 10. The van der Waals surface area contributed by atoms with E-state index in [1.807, 2.05) is 45.2 Å². The monoisotopic (exact) mass is 680 g/mol. The molecule has 2 aromatic rings. The highest BCUT2D eigenvalue weighted by Crippen LogP contribution is 2.45. The van der Waals surface area contributed by atoms with Crippen LogP contribution in [-0.4, -0.2) is 24.4 Å². The average molecular weight is 681 g/mol. The van der Waals surface area contributed by atoms with Crippen LogP contribution >= 0.6 is 56.8 Å². The first-order valence-electron chi connectivity index (χ1n) is 7.73. The smallest absolute Gasteiger partial charge is 0.462 e. The molecule has 0 heterocycles. The Bertz CT molecular complexity index is 916. The second-order valence-electron chi connectivity index (χ2n) is 5.75. The Hall–Kier alpha value is -1.03. The Morgan fingerprint density at radius 3 is 2.13 bits per heavy atom. The molecule has 0 aliphatic carbocycles. The summed E-state index contributed by atoms with van der Waals surface area (Å²) in [5.74, 6) is -5.83. The van der Waals surface area contributed by atoms with Crippen LogP contribution in [0, 0.1) is 7.14 Å². The van der Waals surface area contributed by atoms with Crippen molar-refractivity contribution in [3.63, 3.8) is 0 Å². The molecule has 0 saturated heterocycles. The normalized spacial score (nSPS) is 13.0. The van der Waals surface area contributed by atoms with Gasteiger partial charge in [-0.05, 0) is 80.6 Å². The van der Waals surface area contributed by atoms with Crippen molar-refractivity contribution in [2.45, 2.75) is 24.8 Å². The summed E-state index contributed by atoms with van der Waals surface area (Å²) in [6.45, 7) is 0.195. The molecule has 13 heteroatoms. The fraction of sp³-hybridized carbons (Fsp3) is 0.235. The number of alkyl halides is 7. The number of hydrogen-bond acceptors (Lipinski definition) is 3. The van der Waals surface area contributed by atoms with Crippen LogP contribution in [0.4, 0.5) is 30.7 Å². The van der Waals surface area contributed by atoms with Gasteiger partial charge in [0.25, 0.3) is 0 Å². The molecule has 0 amide bonds. The van der Waals surface area contributed by atoms with Crippen LogP contribution in [0.2, 0.25) is 5.02 Å². The van der Waals surface area contributed by atoms with Crippen LogP contribution in [0.1, 0.15) is 11.1 Å². The summed E-state index contributed by atoms with van der Waals surface area (Å²) in [5, 5.41) is 3.38. The van der Waals surface area contributed by atoms with Crippen molar-refractivity contribution in [2.75, 3.05) is 0 Å². The summed E-state index contributed by atoms with van der Waals surface area (Å²) >= 11 is 9.70. The van der Waals surface area contributed by atoms with E-state index < -0.39 is 18.1 Å². The number of hydrazone groups is 1. The van der Waals surface area contributed by atoms with Crippen molar-refractivity contribution in [3.05, 3.63) is 59.7 Å². The Kier molecular flexibility index (Phi) is 8.10. The van der Waals surface area contributed by atoms with Crippen molar-refractivity contribution in [1.82, 2.24) is 5.43 Å². The molecule has 0 radical (unpaired) electrons. The number of ether oxygens (including phenoxy) is 1. The summed E-state index contributed by atoms with van der Waals surface area (Å²) < 4.78 is 95.1. The fourth-order valence-corrected chi connectivity index (χ4v) is 4.35. The second kappa shape index (κ2) is 9.63. The third-order valence-corrected chi connectivity index (χ3v) is 5.30. The Morgan fingerprint density at radius 1 is 1.00 bits per heavy atom. The highest BCUT2D eigenvalue weighted by atomic mass is 127. The second-order valence-corrected chi connectivity index (χ2v) is 8.51. The van der Waals surface area contributed by atoms with Gasteiger partial charge in [-0.15, -0.1) is 0 Å². The zero-order valence-corrected chi connectivity index (χ0v) is 19.5. The number of nitrogens with one attached hydrogen (secondary N) is 1. The minimum absolute atomic E-state index is 0.178. The molecular formula is C17H10ClF7I2N2O. The molecule has 0 fully saturated rings. The lowest BCUT2D eigenvalue weighted by Crippen LogP contribution is -2.58. The van der Waals surface area contributed by atoms with Gasteiger partial charge in [0.15, 0.2) is 0 Å². The van der Waals surface area contributed by atoms with Gasteiger partial charge in [-0.2, -0.15) is 35.8 Å². The van der Waals surface area contributed by atoms with Crippen molar-refractivity contribution in [1.29, 1.82) is 0 Å². The van der Waals surface area contributed by atoms with Crippen LogP contribution in [-0.2, 0) is 6.61 Å². The van der Waals surface area contributed by atoms with Gasteiger partial charge in [0.1, 0.15) is 12.4 Å². The van der Waals surface area contributed by atoms with Crippen molar-refractivity contribution in [3.8, 4) is 5.75 Å². The molecule has 0 atom stereocenters. The van der Waals surface area contributed by atoms with Gasteiger partial charge >= 0.3 is 18.1 Å². The molecule has 3 nitrogen and oxygen atoms in total. The molecule has 0 aliphatic heterocycles. The van der Waals surface area contributed by atoms with Gasteiger partial charge in [0.2, 0.25) is 0 Å². The molecule has 0 unspecified atom stereocenters. The Labute approximate surface area is 198 Å². The van der Waals surface area contributed by atoms with Crippen molar-refractivity contribution < 1.29 is 35.5 Å². The Morgan fingerprint density at radius 2 is 1.60 bits per heavy atom. The van der Waals surface area contributed by atoms with Crippen molar-refractivity contribution >= 4 is 63.0 Å². The minimum Gasteiger partial charge on any atom is -0.487 e. The minimum atomic E-state index is -6.44. The maximum Gasteiger partial charge on any atom is 0.462 e. The highest BCUT2D eigenvalue weighted by Gasteiger charge is 2.73. The first-order chi connectivity index (χ1) is 13.7. The van der Waals surface area contributed by atoms with Gasteiger partial charge in [0, 0.05) is 5.02 Å². The predicted molar refractivity (Wildman–Crippen MR) is 114 cm³/mol. The highest BCUT2D eigenvalue weighted by molar-refractivity contribution is 14.1. The van der Waals surface area contributed by atoms with Crippen molar-refractivity contribution in [2.24, 2.45) is 5.10 Å². The molecule has 2 rings (SSSR count). The first kappa shape index (κ1) is 25.2. The number of hydrogen-bond donors (Lipinski definition) is 1. The molecule has 164 valence electrons. The molecule has 0 bridgehead atoms. The van der Waals surface area contributed by atoms with Crippen LogP contribution in [0.15, 0.2) is 41.5 Å². The lowest BCUT2D eigenvalue weighted by Gasteiger charge is -2.27.